The van der Waals surface area contributed by atoms with Crippen LogP contribution in [0.25, 0.3) is 0 Å². The highest BCUT2D eigenvalue weighted by atomic mass is 32.2. The van der Waals surface area contributed by atoms with Gasteiger partial charge in [-0.1, -0.05) is 6.07 Å². The summed E-state index contributed by atoms with van der Waals surface area (Å²) in [7, 11) is -3.30. The van der Waals surface area contributed by atoms with Crippen LogP contribution in [0, 0.1) is 19.3 Å². The van der Waals surface area contributed by atoms with Crippen molar-refractivity contribution in [3.05, 3.63) is 52.2 Å². The molecule has 1 aromatic carbocycles. The highest BCUT2D eigenvalue weighted by Gasteiger charge is 2.40. The second-order valence-corrected chi connectivity index (χ2v) is 12.2. The second kappa shape index (κ2) is 8.64. The van der Waals surface area contributed by atoms with E-state index in [1.54, 1.807) is 6.20 Å². The van der Waals surface area contributed by atoms with Crippen molar-refractivity contribution in [3.8, 4) is 0 Å². The summed E-state index contributed by atoms with van der Waals surface area (Å²) in [6.45, 7) is 9.57. The molecule has 182 valence electrons. The number of benzene rings is 1. The molecule has 4 heterocycles. The first-order valence-corrected chi connectivity index (χ1v) is 14.0. The summed E-state index contributed by atoms with van der Waals surface area (Å²) in [6.07, 6.45) is 7.46. The smallest absolute Gasteiger partial charge is 0.338 e. The lowest BCUT2D eigenvalue weighted by Crippen LogP contribution is -2.42. The second-order valence-electron chi connectivity index (χ2n) is 10.3. The third-order valence-electron chi connectivity index (χ3n) is 8.06. The number of carbonyl (C=O) groups is 1. The molecule has 34 heavy (non-hydrogen) atoms. The van der Waals surface area contributed by atoms with Crippen LogP contribution in [0.5, 0.6) is 0 Å². The van der Waals surface area contributed by atoms with Crippen LogP contribution in [0.4, 0.5) is 5.69 Å². The van der Waals surface area contributed by atoms with Gasteiger partial charge in [0.05, 0.1) is 17.4 Å². The highest BCUT2D eigenvalue weighted by molar-refractivity contribution is 7.90. The topological polar surface area (TPSA) is 79.8 Å². The molecule has 2 saturated heterocycles. The average molecular weight is 484 g/mol. The number of cyclic esters (lactones) is 1. The Hall–Kier alpha value is -2.45. The molecule has 0 aliphatic carbocycles. The Labute approximate surface area is 202 Å². The van der Waals surface area contributed by atoms with Gasteiger partial charge in [0.2, 0.25) is 0 Å². The Kier molecular flexibility index (Phi) is 5.92. The normalized spacial score (nSPS) is 20.1. The summed E-state index contributed by atoms with van der Waals surface area (Å²) >= 11 is 0. The number of pyridine rings is 1. The summed E-state index contributed by atoms with van der Waals surface area (Å²) in [5.74, 6) is -0.200. The maximum Gasteiger partial charge on any atom is 0.338 e. The zero-order valence-electron chi connectivity index (χ0n) is 20.3. The van der Waals surface area contributed by atoms with Crippen LogP contribution in [-0.4, -0.2) is 63.3 Å². The first-order chi connectivity index (χ1) is 16.2. The first kappa shape index (κ1) is 23.3. The number of nitrogens with zero attached hydrogens (tertiary/aromatic N) is 3. The molecule has 0 N–H and O–H groups in total. The van der Waals surface area contributed by atoms with Gasteiger partial charge in [-0.15, -0.1) is 0 Å². The van der Waals surface area contributed by atoms with Crippen molar-refractivity contribution in [1.29, 1.82) is 0 Å². The van der Waals surface area contributed by atoms with Gasteiger partial charge in [0.15, 0.2) is 14.9 Å². The average Bonchev–Trinajstić information content (AvgIpc) is 3.38. The van der Waals surface area contributed by atoms with E-state index < -0.39 is 9.84 Å². The summed E-state index contributed by atoms with van der Waals surface area (Å²) < 4.78 is 29.0. The standard InChI is InChI=1S/C26H33N3O4S/c1-18-14-21(15-27-24(18)34(3,31)32)29-13-9-26(17-29)7-11-28(12-8-26)10-6-20-4-5-22-23(19(20)2)16-33-25(22)30/h4-5,14-15H,6-13,16-17H2,1-3H3. The number of esters is 1. The van der Waals surface area contributed by atoms with E-state index in [0.717, 1.165) is 56.0 Å². The van der Waals surface area contributed by atoms with Crippen molar-refractivity contribution in [3.63, 3.8) is 0 Å². The van der Waals surface area contributed by atoms with Gasteiger partial charge < -0.3 is 14.5 Å². The van der Waals surface area contributed by atoms with Crippen molar-refractivity contribution in [1.82, 2.24) is 9.88 Å². The molecule has 1 spiro atoms. The maximum absolute atomic E-state index is 11.9. The molecule has 0 saturated carbocycles. The maximum atomic E-state index is 11.9. The minimum absolute atomic E-state index is 0.177. The first-order valence-electron chi connectivity index (χ1n) is 12.1. The van der Waals surface area contributed by atoms with Crippen molar-refractivity contribution in [2.45, 2.75) is 51.2 Å². The SMILES string of the molecule is Cc1cc(N2CCC3(CCN(CCc4ccc5c(c4C)COC5=O)CC3)C2)cnc1S(C)(=O)=O. The number of piperidine rings is 1. The van der Waals surface area contributed by atoms with E-state index in [1.165, 1.54) is 36.6 Å². The van der Waals surface area contributed by atoms with Crippen molar-refractivity contribution >= 4 is 21.5 Å². The molecule has 5 rings (SSSR count). The fraction of sp³-hybridized carbons (Fsp3) is 0.538. The van der Waals surface area contributed by atoms with Crippen LogP contribution in [-0.2, 0) is 27.6 Å². The molecule has 7 nitrogen and oxygen atoms in total. The van der Waals surface area contributed by atoms with Gasteiger partial charge in [-0.3, -0.25) is 0 Å². The number of sulfone groups is 1. The molecule has 0 radical (unpaired) electrons. The predicted molar refractivity (Wildman–Crippen MR) is 131 cm³/mol. The number of fused-ring (bicyclic) bond motifs is 1. The van der Waals surface area contributed by atoms with E-state index >= 15 is 0 Å². The summed E-state index contributed by atoms with van der Waals surface area (Å²) in [5.41, 5.74) is 6.37. The largest absolute Gasteiger partial charge is 0.457 e. The molecule has 2 aromatic rings. The lowest BCUT2D eigenvalue weighted by atomic mass is 9.77. The van der Waals surface area contributed by atoms with E-state index in [0.29, 0.717) is 17.6 Å². The number of aromatic nitrogens is 1. The van der Waals surface area contributed by atoms with Crippen LogP contribution in [0.15, 0.2) is 29.4 Å². The van der Waals surface area contributed by atoms with Gasteiger partial charge in [0.25, 0.3) is 0 Å². The number of hydrogen-bond donors (Lipinski definition) is 0. The number of rotatable bonds is 5. The third kappa shape index (κ3) is 4.33. The number of ether oxygens (including phenoxy) is 1. The molecule has 8 heteroatoms. The van der Waals surface area contributed by atoms with Crippen LogP contribution < -0.4 is 4.90 Å². The lowest BCUT2D eigenvalue weighted by Gasteiger charge is -2.39. The van der Waals surface area contributed by atoms with Gasteiger partial charge in [-0.05, 0) is 86.9 Å². The van der Waals surface area contributed by atoms with Gasteiger partial charge in [-0.2, -0.15) is 0 Å². The lowest BCUT2D eigenvalue weighted by molar-refractivity contribution is 0.0535. The molecule has 3 aliphatic rings. The Bertz CT molecular complexity index is 1230. The number of aryl methyl sites for hydroxylation is 1. The molecular weight excluding hydrogens is 450 g/mol. The van der Waals surface area contributed by atoms with Crippen molar-refractivity contribution < 1.29 is 17.9 Å². The Morgan fingerprint density at radius 2 is 1.85 bits per heavy atom. The predicted octanol–water partition coefficient (Wildman–Crippen LogP) is 3.31. The molecule has 0 amide bonds. The van der Waals surface area contributed by atoms with Crippen LogP contribution >= 0.6 is 0 Å². The monoisotopic (exact) mass is 483 g/mol. The van der Waals surface area contributed by atoms with E-state index in [1.807, 2.05) is 19.1 Å². The van der Waals surface area contributed by atoms with Gasteiger partial charge >= 0.3 is 5.97 Å². The molecule has 0 unspecified atom stereocenters. The Morgan fingerprint density at radius 3 is 2.56 bits per heavy atom. The number of hydrogen-bond acceptors (Lipinski definition) is 7. The highest BCUT2D eigenvalue weighted by Crippen LogP contribution is 2.42. The molecule has 2 fully saturated rings. The van der Waals surface area contributed by atoms with Gasteiger partial charge in [0.1, 0.15) is 6.61 Å². The van der Waals surface area contributed by atoms with E-state index in [-0.39, 0.29) is 11.0 Å². The van der Waals surface area contributed by atoms with E-state index in [9.17, 15) is 13.2 Å². The summed E-state index contributed by atoms with van der Waals surface area (Å²) in [4.78, 5) is 21.0. The van der Waals surface area contributed by atoms with Gasteiger partial charge in [-0.25, -0.2) is 18.2 Å². The van der Waals surface area contributed by atoms with Crippen molar-refractivity contribution in [2.75, 3.05) is 43.9 Å². The van der Waals surface area contributed by atoms with Gasteiger partial charge in [0, 0.05) is 31.5 Å². The summed E-state index contributed by atoms with van der Waals surface area (Å²) in [5, 5.41) is 0.177. The molecular formula is C26H33N3O4S. The molecule has 1 aromatic heterocycles. The third-order valence-corrected chi connectivity index (χ3v) is 9.19. The molecule has 0 atom stereocenters. The molecule has 0 bridgehead atoms. The fourth-order valence-corrected chi connectivity index (χ4v) is 6.76. The number of likely N-dealkylation sites (tertiary alicyclic amines) is 1. The van der Waals surface area contributed by atoms with Crippen LogP contribution in [0.1, 0.15) is 51.9 Å². The van der Waals surface area contributed by atoms with Crippen molar-refractivity contribution in [2.24, 2.45) is 5.41 Å². The Morgan fingerprint density at radius 1 is 1.12 bits per heavy atom. The number of carbonyl (C=O) groups excluding carboxylic acids is 1. The fourth-order valence-electron chi connectivity index (χ4n) is 5.87. The van der Waals surface area contributed by atoms with E-state index in [4.69, 9.17) is 4.74 Å². The zero-order valence-corrected chi connectivity index (χ0v) is 21.1. The minimum atomic E-state index is -3.30. The Balaban J connectivity index is 1.17. The van der Waals surface area contributed by atoms with Crippen LogP contribution in [0.3, 0.4) is 0 Å². The van der Waals surface area contributed by atoms with E-state index in [2.05, 4.69) is 27.8 Å². The summed E-state index contributed by atoms with van der Waals surface area (Å²) in [6, 6.07) is 5.98. The van der Waals surface area contributed by atoms with Crippen LogP contribution in [0.2, 0.25) is 0 Å². The quantitative estimate of drug-likeness (QED) is 0.604. The number of anilines is 1. The molecule has 3 aliphatic heterocycles. The zero-order chi connectivity index (χ0) is 24.1. The minimum Gasteiger partial charge on any atom is -0.457 e.